The zero-order valence-electron chi connectivity index (χ0n) is 42.3. The van der Waals surface area contributed by atoms with Crippen LogP contribution in [0.4, 0.5) is 11.6 Å². The van der Waals surface area contributed by atoms with E-state index < -0.39 is 0 Å². The van der Waals surface area contributed by atoms with Gasteiger partial charge >= 0.3 is 0 Å². The molecule has 4 saturated heterocycles. The number of amides is 2. The van der Waals surface area contributed by atoms with Gasteiger partial charge in [0.1, 0.15) is 28.9 Å². The summed E-state index contributed by atoms with van der Waals surface area (Å²) < 4.78 is 17.9. The topological polar surface area (TPSA) is 139 Å². The summed E-state index contributed by atoms with van der Waals surface area (Å²) in [6.07, 6.45) is 16.1. The maximum atomic E-state index is 13.2. The Morgan fingerprint density at radius 2 is 1.06 bits per heavy atom. The van der Waals surface area contributed by atoms with Crippen molar-refractivity contribution in [2.24, 2.45) is 0 Å². The monoisotopic (exact) mass is 971 g/mol. The van der Waals surface area contributed by atoms with Crippen LogP contribution in [-0.4, -0.2) is 212 Å². The standard InChI is InChI=1S/C54H74N12O5/c1-40(41-10-12-49(70-3)45(32-41)47-34-57-51(36-55-47)63-19-15-59(16-20-63)38-53(67)65-27-23-61(24-28-65)42-6-4-7-42)14-31-71-50-13-11-44(69-2)33-46(50)48-35-58-52(37-56-48)64-21-17-60(18-22-64)39-54(68)66-29-25-62(26-30-66)43-8-5-9-43/h10-13,32-37,40,42-43H,4-9,14-31,38-39H2,1-3H3. The second-order valence-corrected chi connectivity index (χ2v) is 20.4. The molecule has 6 aliphatic rings. The average molecular weight is 971 g/mol. The van der Waals surface area contributed by atoms with E-state index in [2.05, 4.69) is 58.3 Å². The van der Waals surface area contributed by atoms with Crippen molar-refractivity contribution in [3.05, 3.63) is 66.7 Å². The third kappa shape index (κ3) is 11.7. The van der Waals surface area contributed by atoms with Crippen LogP contribution >= 0.6 is 0 Å². The minimum Gasteiger partial charge on any atom is -0.497 e. The highest BCUT2D eigenvalue weighted by Gasteiger charge is 2.32. The van der Waals surface area contributed by atoms with Crippen LogP contribution in [-0.2, 0) is 9.59 Å². The summed E-state index contributed by atoms with van der Waals surface area (Å²) in [4.78, 5) is 64.2. The fraction of sp³-hybridized carbons (Fsp3) is 0.593. The summed E-state index contributed by atoms with van der Waals surface area (Å²) in [5.74, 6) is 4.53. The summed E-state index contributed by atoms with van der Waals surface area (Å²) in [5.41, 5.74) is 4.34. The highest BCUT2D eigenvalue weighted by molar-refractivity contribution is 5.79. The average Bonchev–Trinajstić information content (AvgIpc) is 3.38. The Morgan fingerprint density at radius 3 is 1.49 bits per heavy atom. The SMILES string of the molecule is COc1ccc(OCCC(C)c2ccc(OC)c(-c3cnc(N4CCN(CC(=O)N5CCN(C6CCC6)CC5)CC4)cn3)c2)c(-c2cnc(N3CCN(CC(=O)N4CCN(C5CCC5)CC4)CC3)cn2)c1. The summed E-state index contributed by atoms with van der Waals surface area (Å²) in [7, 11) is 3.35. The fourth-order valence-corrected chi connectivity index (χ4v) is 11.0. The van der Waals surface area contributed by atoms with E-state index in [9.17, 15) is 9.59 Å². The van der Waals surface area contributed by atoms with Crippen molar-refractivity contribution in [2.75, 3.05) is 148 Å². The summed E-state index contributed by atoms with van der Waals surface area (Å²) in [5, 5.41) is 0. The van der Waals surface area contributed by atoms with Crippen LogP contribution in [0.3, 0.4) is 0 Å². The number of nitrogens with zero attached hydrogens (tertiary/aromatic N) is 12. The molecule has 71 heavy (non-hydrogen) atoms. The molecule has 0 radical (unpaired) electrons. The Bertz CT molecular complexity index is 2390. The lowest BCUT2D eigenvalue weighted by atomic mass is 9.91. The minimum atomic E-state index is 0.179. The van der Waals surface area contributed by atoms with Gasteiger partial charge < -0.3 is 33.8 Å². The molecule has 4 aliphatic heterocycles. The van der Waals surface area contributed by atoms with E-state index in [1.54, 1.807) is 14.2 Å². The molecular formula is C54H74N12O5. The van der Waals surface area contributed by atoms with Crippen LogP contribution in [0.15, 0.2) is 61.2 Å². The smallest absolute Gasteiger partial charge is 0.236 e. The van der Waals surface area contributed by atoms with Crippen LogP contribution < -0.4 is 24.0 Å². The molecule has 2 aromatic heterocycles. The predicted molar refractivity (Wildman–Crippen MR) is 275 cm³/mol. The van der Waals surface area contributed by atoms with Gasteiger partial charge in [0.15, 0.2) is 0 Å². The summed E-state index contributed by atoms with van der Waals surface area (Å²) in [6, 6.07) is 13.6. The fourth-order valence-electron chi connectivity index (χ4n) is 11.0. The second kappa shape index (κ2) is 22.9. The van der Waals surface area contributed by atoms with E-state index in [0.717, 1.165) is 169 Å². The van der Waals surface area contributed by atoms with Crippen LogP contribution in [0.2, 0.25) is 0 Å². The number of anilines is 2. The van der Waals surface area contributed by atoms with Crippen molar-refractivity contribution in [3.8, 4) is 39.8 Å². The maximum absolute atomic E-state index is 13.2. The van der Waals surface area contributed by atoms with E-state index in [4.69, 9.17) is 34.1 Å². The van der Waals surface area contributed by atoms with Gasteiger partial charge in [-0.05, 0) is 73.9 Å². The molecule has 2 saturated carbocycles. The number of carbonyl (C=O) groups excluding carboxylic acids is 2. The van der Waals surface area contributed by atoms with Crippen LogP contribution in [0.25, 0.3) is 22.5 Å². The first-order chi connectivity index (χ1) is 34.8. The number of carbonyl (C=O) groups is 2. The number of piperazine rings is 4. The summed E-state index contributed by atoms with van der Waals surface area (Å²) >= 11 is 0. The molecule has 6 heterocycles. The minimum absolute atomic E-state index is 0.179. The van der Waals surface area contributed by atoms with E-state index in [0.29, 0.717) is 31.1 Å². The third-order valence-electron chi connectivity index (χ3n) is 16.2. The van der Waals surface area contributed by atoms with E-state index in [1.807, 2.05) is 49.1 Å². The van der Waals surface area contributed by atoms with Gasteiger partial charge in [0, 0.05) is 128 Å². The Kier molecular flexibility index (Phi) is 15.8. The van der Waals surface area contributed by atoms with Gasteiger partial charge in [-0.1, -0.05) is 25.8 Å². The zero-order chi connectivity index (χ0) is 48.7. The first-order valence-corrected chi connectivity index (χ1v) is 26.4. The molecule has 2 amide bonds. The van der Waals surface area contributed by atoms with Gasteiger partial charge in [0.2, 0.25) is 11.8 Å². The quantitative estimate of drug-likeness (QED) is 0.143. The lowest BCUT2D eigenvalue weighted by Gasteiger charge is -2.43. The number of methoxy groups -OCH3 is 2. The Labute approximate surface area is 420 Å². The van der Waals surface area contributed by atoms with E-state index in [1.165, 1.54) is 38.5 Å². The van der Waals surface area contributed by atoms with Crippen molar-refractivity contribution < 1.29 is 23.8 Å². The van der Waals surface area contributed by atoms with Crippen molar-refractivity contribution in [1.29, 1.82) is 0 Å². The zero-order valence-corrected chi connectivity index (χ0v) is 42.3. The first-order valence-electron chi connectivity index (χ1n) is 26.4. The molecule has 10 rings (SSSR count). The van der Waals surface area contributed by atoms with Crippen molar-refractivity contribution in [2.45, 2.75) is 69.9 Å². The van der Waals surface area contributed by atoms with Crippen molar-refractivity contribution in [3.63, 3.8) is 0 Å². The van der Waals surface area contributed by atoms with E-state index in [-0.39, 0.29) is 17.7 Å². The number of hydrogen-bond acceptors (Lipinski definition) is 15. The van der Waals surface area contributed by atoms with Gasteiger partial charge in [0.25, 0.3) is 0 Å². The highest BCUT2D eigenvalue weighted by Crippen LogP contribution is 2.36. The van der Waals surface area contributed by atoms with Gasteiger partial charge in [-0.2, -0.15) is 0 Å². The molecule has 0 bridgehead atoms. The molecule has 2 aromatic carbocycles. The van der Waals surface area contributed by atoms with Crippen molar-refractivity contribution >= 4 is 23.5 Å². The van der Waals surface area contributed by atoms with Crippen LogP contribution in [0.5, 0.6) is 17.2 Å². The summed E-state index contributed by atoms with van der Waals surface area (Å²) in [6.45, 7) is 17.5. The van der Waals surface area contributed by atoms with Crippen LogP contribution in [0.1, 0.15) is 63.4 Å². The van der Waals surface area contributed by atoms with Crippen molar-refractivity contribution in [1.82, 2.24) is 49.3 Å². The van der Waals surface area contributed by atoms with Crippen LogP contribution in [0, 0.1) is 0 Å². The normalized spacial score (nSPS) is 20.6. The molecule has 380 valence electrons. The lowest BCUT2D eigenvalue weighted by Crippen LogP contribution is -2.56. The maximum Gasteiger partial charge on any atom is 0.236 e. The Hall–Kier alpha value is -5.62. The molecule has 6 fully saturated rings. The van der Waals surface area contributed by atoms with Gasteiger partial charge in [-0.25, -0.2) is 9.97 Å². The molecule has 17 heteroatoms. The van der Waals surface area contributed by atoms with Gasteiger partial charge in [0.05, 0.1) is 70.1 Å². The number of aromatic nitrogens is 4. The second-order valence-electron chi connectivity index (χ2n) is 20.4. The lowest BCUT2D eigenvalue weighted by molar-refractivity contribution is -0.135. The molecule has 2 aliphatic carbocycles. The van der Waals surface area contributed by atoms with E-state index >= 15 is 0 Å². The number of hydrogen-bond donors (Lipinski definition) is 0. The highest BCUT2D eigenvalue weighted by atomic mass is 16.5. The molecule has 4 aromatic rings. The molecular weight excluding hydrogens is 897 g/mol. The third-order valence-corrected chi connectivity index (χ3v) is 16.2. The van der Waals surface area contributed by atoms with Gasteiger partial charge in [-0.3, -0.25) is 39.2 Å². The largest absolute Gasteiger partial charge is 0.497 e. The molecule has 1 atom stereocenters. The Balaban J connectivity index is 0.691. The predicted octanol–water partition coefficient (Wildman–Crippen LogP) is 4.83. The molecule has 0 spiro atoms. The Morgan fingerprint density at radius 1 is 0.563 bits per heavy atom. The molecule has 0 N–H and O–H groups in total. The molecule has 1 unspecified atom stereocenters. The first kappa shape index (κ1) is 49.0. The molecule has 17 nitrogen and oxygen atoms in total. The number of rotatable bonds is 17. The van der Waals surface area contributed by atoms with Gasteiger partial charge in [-0.15, -0.1) is 0 Å². The number of benzene rings is 2. The number of ether oxygens (including phenoxy) is 3.